The molecular formula is C12H17NO. The van der Waals surface area contributed by atoms with Crippen LogP contribution in [0.3, 0.4) is 0 Å². The lowest BCUT2D eigenvalue weighted by Gasteiger charge is -2.28. The van der Waals surface area contributed by atoms with Crippen molar-refractivity contribution in [2.45, 2.75) is 44.1 Å². The molecule has 3 aliphatic rings. The Morgan fingerprint density at radius 3 is 2.86 bits per heavy atom. The highest BCUT2D eigenvalue weighted by Crippen LogP contribution is 2.51. The Balaban J connectivity index is 1.69. The van der Waals surface area contributed by atoms with Crippen molar-refractivity contribution in [2.24, 2.45) is 17.8 Å². The van der Waals surface area contributed by atoms with Crippen molar-refractivity contribution in [3.05, 3.63) is 0 Å². The number of ether oxygens (including phenoxy) is 1. The monoisotopic (exact) mass is 191 g/mol. The zero-order chi connectivity index (χ0) is 9.60. The van der Waals surface area contributed by atoms with Gasteiger partial charge in [-0.2, -0.15) is 5.26 Å². The largest absolute Gasteiger partial charge is 0.375 e. The van der Waals surface area contributed by atoms with Gasteiger partial charge >= 0.3 is 0 Å². The van der Waals surface area contributed by atoms with E-state index in [4.69, 9.17) is 10.00 Å². The van der Waals surface area contributed by atoms with E-state index in [1.54, 1.807) is 0 Å². The molecule has 14 heavy (non-hydrogen) atoms. The normalized spacial score (nSPS) is 50.9. The average Bonchev–Trinajstić information content (AvgIpc) is 2.86. The van der Waals surface area contributed by atoms with Gasteiger partial charge in [0.15, 0.2) is 0 Å². The van der Waals surface area contributed by atoms with E-state index in [9.17, 15) is 0 Å². The van der Waals surface area contributed by atoms with Crippen LogP contribution in [-0.4, -0.2) is 12.2 Å². The molecule has 0 radical (unpaired) electrons. The Morgan fingerprint density at radius 1 is 1.21 bits per heavy atom. The fourth-order valence-corrected chi connectivity index (χ4v) is 3.23. The van der Waals surface area contributed by atoms with Crippen LogP contribution in [0.4, 0.5) is 0 Å². The third kappa shape index (κ3) is 1.35. The molecule has 1 spiro atoms. The van der Waals surface area contributed by atoms with E-state index in [2.05, 4.69) is 6.07 Å². The first kappa shape index (κ1) is 8.73. The van der Waals surface area contributed by atoms with Crippen molar-refractivity contribution in [1.29, 1.82) is 5.26 Å². The molecule has 2 aliphatic carbocycles. The third-order valence-corrected chi connectivity index (χ3v) is 4.39. The van der Waals surface area contributed by atoms with E-state index in [0.717, 1.165) is 37.7 Å². The Kier molecular flexibility index (Phi) is 1.85. The fraction of sp³-hybridized carbons (Fsp3) is 0.917. The quantitative estimate of drug-likeness (QED) is 0.589. The van der Waals surface area contributed by atoms with Crippen molar-refractivity contribution in [3.8, 4) is 6.07 Å². The van der Waals surface area contributed by atoms with Gasteiger partial charge in [0.25, 0.3) is 0 Å². The lowest BCUT2D eigenvalue weighted by Crippen LogP contribution is -2.29. The Bertz CT molecular complexity index is 269. The number of hydrogen-bond donors (Lipinski definition) is 0. The van der Waals surface area contributed by atoms with Crippen LogP contribution in [0.15, 0.2) is 0 Å². The Hall–Kier alpha value is -0.550. The maximum atomic E-state index is 8.91. The molecule has 0 amide bonds. The Morgan fingerprint density at radius 2 is 2.07 bits per heavy atom. The van der Waals surface area contributed by atoms with Gasteiger partial charge in [-0.1, -0.05) is 0 Å². The maximum Gasteiger partial charge on any atom is 0.0695 e. The fourth-order valence-electron chi connectivity index (χ4n) is 3.23. The van der Waals surface area contributed by atoms with E-state index in [0.29, 0.717) is 0 Å². The third-order valence-electron chi connectivity index (χ3n) is 4.39. The number of hydrogen-bond acceptors (Lipinski definition) is 2. The van der Waals surface area contributed by atoms with Crippen molar-refractivity contribution in [1.82, 2.24) is 0 Å². The molecule has 4 atom stereocenters. The van der Waals surface area contributed by atoms with Crippen molar-refractivity contribution in [3.63, 3.8) is 0 Å². The minimum Gasteiger partial charge on any atom is -0.375 e. The van der Waals surface area contributed by atoms with E-state index in [1.165, 1.54) is 19.3 Å². The van der Waals surface area contributed by atoms with Crippen LogP contribution in [0, 0.1) is 29.1 Å². The number of rotatable bonds is 0. The zero-order valence-electron chi connectivity index (χ0n) is 8.54. The predicted octanol–water partition coefficient (Wildman–Crippen LogP) is 2.50. The minimum absolute atomic E-state index is 0.119. The zero-order valence-corrected chi connectivity index (χ0v) is 8.54. The lowest BCUT2D eigenvalue weighted by molar-refractivity contribution is -0.0458. The molecule has 1 aliphatic heterocycles. The smallest absolute Gasteiger partial charge is 0.0695 e. The summed E-state index contributed by atoms with van der Waals surface area (Å²) >= 11 is 0. The van der Waals surface area contributed by atoms with Gasteiger partial charge in [-0.15, -0.1) is 0 Å². The number of fused-ring (bicyclic) bond motifs is 1. The molecule has 0 N–H and O–H groups in total. The lowest BCUT2D eigenvalue weighted by atomic mass is 9.93. The van der Waals surface area contributed by atoms with E-state index in [-0.39, 0.29) is 11.5 Å². The van der Waals surface area contributed by atoms with Gasteiger partial charge in [-0.25, -0.2) is 0 Å². The molecule has 2 saturated carbocycles. The number of nitrogens with zero attached hydrogens (tertiary/aromatic N) is 1. The molecule has 3 fully saturated rings. The molecule has 2 heteroatoms. The maximum absolute atomic E-state index is 8.91. The molecule has 76 valence electrons. The SMILES string of the molecule is N#C[C@@H]1CC[C@]2(CC[C@H]3C[C@@H]3CO2)C1. The molecule has 3 rings (SSSR count). The van der Waals surface area contributed by atoms with Crippen molar-refractivity contribution < 1.29 is 4.74 Å². The van der Waals surface area contributed by atoms with E-state index >= 15 is 0 Å². The molecule has 0 bridgehead atoms. The predicted molar refractivity (Wildman–Crippen MR) is 52.5 cm³/mol. The standard InChI is InChI=1S/C12H17NO/c13-7-9-1-3-12(6-9)4-2-10-5-11(10)8-14-12/h9-11H,1-6,8H2/t9-,10+,11-,12+/m1/s1. The molecule has 2 nitrogen and oxygen atoms in total. The van der Waals surface area contributed by atoms with Crippen LogP contribution in [-0.2, 0) is 4.74 Å². The summed E-state index contributed by atoms with van der Waals surface area (Å²) in [6, 6.07) is 2.40. The van der Waals surface area contributed by atoms with Crippen LogP contribution >= 0.6 is 0 Å². The highest BCUT2D eigenvalue weighted by Gasteiger charge is 2.48. The van der Waals surface area contributed by atoms with Gasteiger partial charge in [0, 0.05) is 5.92 Å². The summed E-state index contributed by atoms with van der Waals surface area (Å²) in [6.45, 7) is 0.975. The second-order valence-corrected chi connectivity index (χ2v) is 5.36. The summed E-state index contributed by atoms with van der Waals surface area (Å²) in [4.78, 5) is 0. The average molecular weight is 191 g/mol. The van der Waals surface area contributed by atoms with Crippen LogP contribution in [0.1, 0.15) is 38.5 Å². The van der Waals surface area contributed by atoms with Crippen LogP contribution in [0.2, 0.25) is 0 Å². The summed E-state index contributed by atoms with van der Waals surface area (Å²) in [6.07, 6.45) is 7.16. The highest BCUT2D eigenvalue weighted by atomic mass is 16.5. The topological polar surface area (TPSA) is 33.0 Å². The first-order chi connectivity index (χ1) is 6.81. The van der Waals surface area contributed by atoms with Gasteiger partial charge < -0.3 is 4.74 Å². The molecule has 1 saturated heterocycles. The van der Waals surface area contributed by atoms with Gasteiger partial charge in [0.2, 0.25) is 0 Å². The van der Waals surface area contributed by atoms with Crippen LogP contribution in [0.25, 0.3) is 0 Å². The van der Waals surface area contributed by atoms with Crippen LogP contribution in [0.5, 0.6) is 0 Å². The van der Waals surface area contributed by atoms with Gasteiger partial charge in [0.1, 0.15) is 0 Å². The van der Waals surface area contributed by atoms with E-state index < -0.39 is 0 Å². The molecule has 0 aromatic carbocycles. The second kappa shape index (κ2) is 2.97. The minimum atomic E-state index is 0.119. The number of nitriles is 1. The summed E-state index contributed by atoms with van der Waals surface area (Å²) in [7, 11) is 0. The summed E-state index contributed by atoms with van der Waals surface area (Å²) in [5.74, 6) is 2.11. The summed E-state index contributed by atoms with van der Waals surface area (Å²) in [5, 5.41) is 8.91. The second-order valence-electron chi connectivity index (χ2n) is 5.36. The van der Waals surface area contributed by atoms with E-state index in [1.807, 2.05) is 0 Å². The molecular weight excluding hydrogens is 174 g/mol. The summed E-state index contributed by atoms with van der Waals surface area (Å²) < 4.78 is 6.09. The molecule has 0 aromatic rings. The van der Waals surface area contributed by atoms with Crippen molar-refractivity contribution >= 4 is 0 Å². The van der Waals surface area contributed by atoms with Crippen LogP contribution < -0.4 is 0 Å². The Labute approximate surface area is 85.2 Å². The first-order valence-electron chi connectivity index (χ1n) is 5.85. The van der Waals surface area contributed by atoms with Gasteiger partial charge in [-0.3, -0.25) is 0 Å². The highest BCUT2D eigenvalue weighted by molar-refractivity contribution is 5.02. The molecule has 1 heterocycles. The molecule has 0 aromatic heterocycles. The summed E-state index contributed by atoms with van der Waals surface area (Å²) in [5.41, 5.74) is 0.119. The first-order valence-corrected chi connectivity index (χ1v) is 5.85. The van der Waals surface area contributed by atoms with Crippen molar-refractivity contribution in [2.75, 3.05) is 6.61 Å². The van der Waals surface area contributed by atoms with Gasteiger partial charge in [-0.05, 0) is 50.4 Å². The van der Waals surface area contributed by atoms with Gasteiger partial charge in [0.05, 0.1) is 18.3 Å². The molecule has 0 unspecified atom stereocenters.